The molecule has 2 rings (SSSR count). The van der Waals surface area contributed by atoms with E-state index < -0.39 is 23.4 Å². The van der Waals surface area contributed by atoms with Crippen molar-refractivity contribution < 1.29 is 32.8 Å². The van der Waals surface area contributed by atoms with Crippen LogP contribution in [-0.2, 0) is 25.2 Å². The summed E-state index contributed by atoms with van der Waals surface area (Å²) in [5, 5.41) is 19.4. The number of carbonyl (C=O) groups is 1. The number of benzene rings is 1. The standard InChI is InChI=1S/C9H20N2O4S.C8H8O3/c1-2-14-11-7-5-10(6-8-11)4-3-9-15-16(12)13;9-7(8(10)11)6-4-2-1-3-5-6/h2-9H2,1H3,(H,12,13);1-5,7,9H,(H,10,11)/p-1. The minimum absolute atomic E-state index is 0.266. The summed E-state index contributed by atoms with van der Waals surface area (Å²) < 4.78 is 24.7. The second-order valence-corrected chi connectivity index (χ2v) is 6.36. The van der Waals surface area contributed by atoms with Gasteiger partial charge in [0.2, 0.25) is 0 Å². The van der Waals surface area contributed by atoms with Crippen molar-refractivity contribution in [1.29, 1.82) is 0 Å². The van der Waals surface area contributed by atoms with E-state index in [9.17, 15) is 13.6 Å². The lowest BCUT2D eigenvalue weighted by atomic mass is 10.1. The number of hydrogen-bond acceptors (Lipinski definition) is 8. The van der Waals surface area contributed by atoms with E-state index >= 15 is 0 Å². The van der Waals surface area contributed by atoms with E-state index in [-0.39, 0.29) is 6.61 Å². The molecule has 0 spiro atoms. The van der Waals surface area contributed by atoms with Crippen molar-refractivity contribution in [3.05, 3.63) is 35.9 Å². The highest BCUT2D eigenvalue weighted by Crippen LogP contribution is 2.11. The van der Waals surface area contributed by atoms with Gasteiger partial charge in [0.25, 0.3) is 0 Å². The molecule has 154 valence electrons. The third-order valence-electron chi connectivity index (χ3n) is 3.79. The fourth-order valence-corrected chi connectivity index (χ4v) is 2.71. The van der Waals surface area contributed by atoms with Crippen LogP contribution >= 0.6 is 0 Å². The van der Waals surface area contributed by atoms with E-state index in [4.69, 9.17) is 15.1 Å². The van der Waals surface area contributed by atoms with Crippen molar-refractivity contribution in [3.8, 4) is 0 Å². The van der Waals surface area contributed by atoms with Crippen molar-refractivity contribution in [2.24, 2.45) is 0 Å². The smallest absolute Gasteiger partial charge is 0.337 e. The normalized spacial score (nSPS) is 17.6. The number of aliphatic hydroxyl groups excluding tert-OH is 1. The highest BCUT2D eigenvalue weighted by molar-refractivity contribution is 7.74. The summed E-state index contributed by atoms with van der Waals surface area (Å²) in [6.07, 6.45) is -0.668. The fraction of sp³-hybridized carbons (Fsp3) is 0.588. The maximum Gasteiger partial charge on any atom is 0.337 e. The zero-order valence-electron chi connectivity index (χ0n) is 15.4. The number of hydrogen-bond donors (Lipinski definition) is 2. The lowest BCUT2D eigenvalue weighted by molar-refractivity contribution is -0.172. The third kappa shape index (κ3) is 10.5. The first kappa shape index (κ1) is 23.6. The Labute approximate surface area is 161 Å². The molecule has 1 aromatic carbocycles. The molecular weight excluding hydrogens is 376 g/mol. The van der Waals surface area contributed by atoms with Gasteiger partial charge in [0.05, 0.1) is 24.6 Å². The number of hydroxylamine groups is 2. The monoisotopic (exact) mass is 403 g/mol. The number of carboxylic acid groups (broad SMARTS) is 1. The Morgan fingerprint density at radius 3 is 2.41 bits per heavy atom. The van der Waals surface area contributed by atoms with Crippen LogP contribution in [0.15, 0.2) is 30.3 Å². The van der Waals surface area contributed by atoms with Gasteiger partial charge in [-0.1, -0.05) is 30.3 Å². The minimum atomic E-state index is -2.38. The van der Waals surface area contributed by atoms with Gasteiger partial charge in [-0.15, -0.1) is 0 Å². The summed E-state index contributed by atoms with van der Waals surface area (Å²) in [7, 11) is 0. The lowest BCUT2D eigenvalue weighted by Gasteiger charge is -2.33. The molecule has 10 heteroatoms. The van der Waals surface area contributed by atoms with Gasteiger partial charge < -0.3 is 23.8 Å². The van der Waals surface area contributed by atoms with Gasteiger partial charge in [0.15, 0.2) is 6.10 Å². The van der Waals surface area contributed by atoms with Crippen LogP contribution in [0.3, 0.4) is 0 Å². The molecule has 9 nitrogen and oxygen atoms in total. The van der Waals surface area contributed by atoms with Crippen LogP contribution in [0, 0.1) is 0 Å². The molecule has 2 atom stereocenters. The Morgan fingerprint density at radius 2 is 1.89 bits per heavy atom. The molecule has 0 saturated carbocycles. The van der Waals surface area contributed by atoms with Crippen LogP contribution in [0.25, 0.3) is 0 Å². The van der Waals surface area contributed by atoms with Crippen LogP contribution in [0.4, 0.5) is 0 Å². The largest absolute Gasteiger partial charge is 0.750 e. The Bertz CT molecular complexity index is 553. The van der Waals surface area contributed by atoms with Crippen LogP contribution in [0.1, 0.15) is 25.0 Å². The molecule has 0 bridgehead atoms. The molecular formula is C17H27N2O7S-. The quantitative estimate of drug-likeness (QED) is 0.450. The second-order valence-electron chi connectivity index (χ2n) is 5.72. The molecule has 1 aliphatic heterocycles. The Balaban J connectivity index is 0.000000289. The molecule has 0 aromatic heterocycles. The predicted molar refractivity (Wildman–Crippen MR) is 98.2 cm³/mol. The molecule has 27 heavy (non-hydrogen) atoms. The summed E-state index contributed by atoms with van der Waals surface area (Å²) >= 11 is -2.38. The molecule has 0 aliphatic carbocycles. The molecule has 2 unspecified atom stereocenters. The molecule has 1 aromatic rings. The number of carboxylic acids is 1. The molecule has 1 heterocycles. The summed E-state index contributed by atoms with van der Waals surface area (Å²) in [4.78, 5) is 17.9. The maximum atomic E-state index is 10.2. The van der Waals surface area contributed by atoms with Crippen molar-refractivity contribution in [2.75, 3.05) is 45.9 Å². The average Bonchev–Trinajstić information content (AvgIpc) is 2.67. The second kappa shape index (κ2) is 13.7. The Morgan fingerprint density at radius 1 is 1.26 bits per heavy atom. The van der Waals surface area contributed by atoms with E-state index in [0.29, 0.717) is 12.2 Å². The van der Waals surface area contributed by atoms with Gasteiger partial charge in [-0.2, -0.15) is 5.06 Å². The maximum absolute atomic E-state index is 10.2. The molecule has 0 radical (unpaired) electrons. The highest BCUT2D eigenvalue weighted by Gasteiger charge is 2.16. The van der Waals surface area contributed by atoms with Crippen molar-refractivity contribution in [2.45, 2.75) is 19.4 Å². The van der Waals surface area contributed by atoms with Crippen LogP contribution in [0.5, 0.6) is 0 Å². The lowest BCUT2D eigenvalue weighted by Crippen LogP contribution is -2.46. The van der Waals surface area contributed by atoms with Gasteiger partial charge in [-0.3, -0.25) is 4.84 Å². The number of aliphatic hydroxyl groups is 1. The summed E-state index contributed by atoms with van der Waals surface area (Å²) in [5.41, 5.74) is 0.403. The highest BCUT2D eigenvalue weighted by atomic mass is 32.2. The number of piperazine rings is 1. The van der Waals surface area contributed by atoms with Crippen molar-refractivity contribution in [3.63, 3.8) is 0 Å². The third-order valence-corrected chi connectivity index (χ3v) is 4.15. The first-order chi connectivity index (χ1) is 12.9. The summed E-state index contributed by atoms with van der Waals surface area (Å²) in [5.74, 6) is -1.23. The van der Waals surface area contributed by atoms with E-state index in [1.165, 1.54) is 0 Å². The molecule has 1 fully saturated rings. The predicted octanol–water partition coefficient (Wildman–Crippen LogP) is 0.561. The molecule has 2 N–H and O–H groups in total. The molecule has 0 amide bonds. The van der Waals surface area contributed by atoms with Crippen molar-refractivity contribution >= 4 is 17.3 Å². The number of nitrogens with zero attached hydrogens (tertiary/aromatic N) is 2. The van der Waals surface area contributed by atoms with E-state index in [1.807, 2.05) is 12.0 Å². The Hall–Kier alpha value is -1.40. The van der Waals surface area contributed by atoms with Crippen LogP contribution in [0.2, 0.25) is 0 Å². The minimum Gasteiger partial charge on any atom is -0.750 e. The number of rotatable bonds is 9. The zero-order valence-corrected chi connectivity index (χ0v) is 16.2. The van der Waals surface area contributed by atoms with Crippen LogP contribution in [-0.4, -0.2) is 80.8 Å². The van der Waals surface area contributed by atoms with Gasteiger partial charge >= 0.3 is 5.97 Å². The summed E-state index contributed by atoms with van der Waals surface area (Å²) in [6, 6.07) is 8.26. The topological polar surface area (TPSA) is 123 Å². The average molecular weight is 403 g/mol. The van der Waals surface area contributed by atoms with E-state index in [1.54, 1.807) is 30.3 Å². The van der Waals surface area contributed by atoms with Crippen molar-refractivity contribution in [1.82, 2.24) is 9.96 Å². The van der Waals surface area contributed by atoms with Crippen LogP contribution < -0.4 is 0 Å². The zero-order chi connectivity index (χ0) is 20.1. The molecule has 1 aliphatic rings. The Kier molecular flexibility index (Phi) is 12.0. The fourth-order valence-electron chi connectivity index (χ4n) is 2.46. The van der Waals surface area contributed by atoms with Gasteiger partial charge in [0.1, 0.15) is 0 Å². The van der Waals surface area contributed by atoms with E-state index in [0.717, 1.165) is 39.1 Å². The summed E-state index contributed by atoms with van der Waals surface area (Å²) in [6.45, 7) is 7.56. The van der Waals surface area contributed by atoms with Gasteiger partial charge in [-0.05, 0) is 18.9 Å². The first-order valence-electron chi connectivity index (χ1n) is 8.72. The first-order valence-corrected chi connectivity index (χ1v) is 9.72. The van der Waals surface area contributed by atoms with Gasteiger partial charge in [-0.25, -0.2) is 9.00 Å². The SMILES string of the molecule is CCON1CCN(CCCOS(=O)[O-])CC1.O=C(O)C(O)c1ccccc1. The van der Waals surface area contributed by atoms with E-state index in [2.05, 4.69) is 9.08 Å². The van der Waals surface area contributed by atoms with Gasteiger partial charge in [0, 0.05) is 32.7 Å². The number of aliphatic carboxylic acids is 1. The molecule has 1 saturated heterocycles.